The Balaban J connectivity index is 1.75. The zero-order chi connectivity index (χ0) is 18.4. The molecule has 0 saturated carbocycles. The number of para-hydroxylation sites is 1. The first-order valence-electron chi connectivity index (χ1n) is 7.94. The molecule has 3 N–H and O–H groups in total. The van der Waals surface area contributed by atoms with Gasteiger partial charge in [-0.3, -0.25) is 14.6 Å². The van der Waals surface area contributed by atoms with E-state index in [1.807, 2.05) is 12.1 Å². The van der Waals surface area contributed by atoms with Gasteiger partial charge in [-0.2, -0.15) is 5.10 Å². The van der Waals surface area contributed by atoms with Crippen molar-refractivity contribution in [3.05, 3.63) is 83.9 Å². The number of H-pyrrole nitrogens is 1. The monoisotopic (exact) mass is 347 g/mol. The van der Waals surface area contributed by atoms with Gasteiger partial charge in [0.25, 0.3) is 11.8 Å². The number of hydrazone groups is 1. The van der Waals surface area contributed by atoms with Gasteiger partial charge in [-0.25, -0.2) is 5.43 Å². The lowest BCUT2D eigenvalue weighted by atomic mass is 10.1. The number of hydrogen-bond acceptors (Lipinski definition) is 4. The molecule has 0 aliphatic carbocycles. The number of benzene rings is 1. The summed E-state index contributed by atoms with van der Waals surface area (Å²) in [5, 5.41) is 6.83. The summed E-state index contributed by atoms with van der Waals surface area (Å²) in [4.78, 5) is 31.7. The van der Waals surface area contributed by atoms with Crippen LogP contribution in [0.15, 0.2) is 72.2 Å². The summed E-state index contributed by atoms with van der Waals surface area (Å²) in [7, 11) is 0. The van der Waals surface area contributed by atoms with Crippen molar-refractivity contribution in [3.63, 3.8) is 0 Å². The van der Waals surface area contributed by atoms with Crippen molar-refractivity contribution in [1.29, 1.82) is 0 Å². The van der Waals surface area contributed by atoms with Crippen LogP contribution in [0.3, 0.4) is 0 Å². The molecule has 2 heterocycles. The van der Waals surface area contributed by atoms with Crippen molar-refractivity contribution in [2.45, 2.75) is 6.92 Å². The fraction of sp³-hybridized carbons (Fsp3) is 0.0526. The predicted octanol–water partition coefficient (Wildman–Crippen LogP) is 2.82. The standard InChI is InChI=1S/C19H17N5O2/c1-13(16-7-4-10-21-16)23-24-19(26)15-5-2-3-6-17(15)22-18(25)14-8-11-20-12-9-14/h2-12,21H,1H3,(H,22,25)(H,24,26). The van der Waals surface area contributed by atoms with Gasteiger partial charge in [0.2, 0.25) is 0 Å². The fourth-order valence-electron chi connectivity index (χ4n) is 2.30. The lowest BCUT2D eigenvalue weighted by molar-refractivity contribution is 0.0955. The molecule has 0 bridgehead atoms. The number of carbonyl (C=O) groups is 2. The van der Waals surface area contributed by atoms with Crippen LogP contribution < -0.4 is 10.7 Å². The molecule has 0 saturated heterocycles. The molecule has 0 aliphatic heterocycles. The van der Waals surface area contributed by atoms with Crippen LogP contribution in [0, 0.1) is 0 Å². The maximum atomic E-state index is 12.5. The summed E-state index contributed by atoms with van der Waals surface area (Å²) in [6.07, 6.45) is 4.84. The first-order chi connectivity index (χ1) is 12.6. The van der Waals surface area contributed by atoms with Crippen molar-refractivity contribution >= 4 is 23.2 Å². The smallest absolute Gasteiger partial charge is 0.273 e. The summed E-state index contributed by atoms with van der Waals surface area (Å²) in [5.74, 6) is -0.736. The highest BCUT2D eigenvalue weighted by atomic mass is 16.2. The van der Waals surface area contributed by atoms with Gasteiger partial charge in [0.15, 0.2) is 0 Å². The maximum Gasteiger partial charge on any atom is 0.273 e. The second-order valence-corrected chi connectivity index (χ2v) is 5.46. The lowest BCUT2D eigenvalue weighted by Gasteiger charge is -2.10. The Morgan fingerprint density at radius 1 is 1.00 bits per heavy atom. The number of nitrogens with one attached hydrogen (secondary N) is 3. The van der Waals surface area contributed by atoms with Gasteiger partial charge >= 0.3 is 0 Å². The number of anilines is 1. The van der Waals surface area contributed by atoms with E-state index in [1.54, 1.807) is 49.5 Å². The zero-order valence-electron chi connectivity index (χ0n) is 14.1. The largest absolute Gasteiger partial charge is 0.360 e. The van der Waals surface area contributed by atoms with Crippen molar-refractivity contribution in [1.82, 2.24) is 15.4 Å². The molecule has 3 aromatic rings. The number of hydrogen-bond donors (Lipinski definition) is 3. The molecule has 0 fully saturated rings. The first-order valence-corrected chi connectivity index (χ1v) is 7.94. The molecule has 0 unspecified atom stereocenters. The van der Waals surface area contributed by atoms with Gasteiger partial charge < -0.3 is 10.3 Å². The Morgan fingerprint density at radius 2 is 1.77 bits per heavy atom. The van der Waals surface area contributed by atoms with E-state index >= 15 is 0 Å². The highest BCUT2D eigenvalue weighted by molar-refractivity contribution is 6.09. The molecule has 0 atom stereocenters. The molecule has 0 aliphatic rings. The maximum absolute atomic E-state index is 12.5. The van der Waals surface area contributed by atoms with Gasteiger partial charge in [-0.05, 0) is 43.3 Å². The van der Waals surface area contributed by atoms with E-state index in [0.29, 0.717) is 22.5 Å². The van der Waals surface area contributed by atoms with Crippen molar-refractivity contribution in [3.8, 4) is 0 Å². The van der Waals surface area contributed by atoms with Crippen molar-refractivity contribution < 1.29 is 9.59 Å². The van der Waals surface area contributed by atoms with E-state index in [2.05, 4.69) is 25.8 Å². The van der Waals surface area contributed by atoms with Gasteiger partial charge in [0, 0.05) is 24.2 Å². The van der Waals surface area contributed by atoms with Crippen LogP contribution in [0.2, 0.25) is 0 Å². The molecule has 1 aromatic carbocycles. The van der Waals surface area contributed by atoms with Crippen LogP contribution >= 0.6 is 0 Å². The third-order valence-electron chi connectivity index (χ3n) is 3.68. The second-order valence-electron chi connectivity index (χ2n) is 5.46. The van der Waals surface area contributed by atoms with Crippen molar-refractivity contribution in [2.24, 2.45) is 5.10 Å². The average Bonchev–Trinajstić information content (AvgIpc) is 3.22. The molecule has 0 spiro atoms. The highest BCUT2D eigenvalue weighted by Crippen LogP contribution is 2.16. The van der Waals surface area contributed by atoms with Crippen LogP contribution in [0.25, 0.3) is 0 Å². The van der Waals surface area contributed by atoms with Crippen molar-refractivity contribution in [2.75, 3.05) is 5.32 Å². The molecule has 130 valence electrons. The van der Waals surface area contributed by atoms with E-state index < -0.39 is 5.91 Å². The number of pyridine rings is 1. The molecule has 2 aromatic heterocycles. The van der Waals surface area contributed by atoms with Gasteiger partial charge in [0.1, 0.15) is 0 Å². The first kappa shape index (κ1) is 17.1. The van der Waals surface area contributed by atoms with Crippen LogP contribution in [0.1, 0.15) is 33.3 Å². The van der Waals surface area contributed by atoms with E-state index in [1.165, 1.54) is 12.4 Å². The Hall–Kier alpha value is -3.74. The van der Waals surface area contributed by atoms with Gasteiger partial charge in [-0.15, -0.1) is 0 Å². The quantitative estimate of drug-likeness (QED) is 0.489. The zero-order valence-corrected chi connectivity index (χ0v) is 14.1. The van der Waals surface area contributed by atoms with E-state index in [9.17, 15) is 9.59 Å². The third kappa shape index (κ3) is 4.02. The Morgan fingerprint density at radius 3 is 2.50 bits per heavy atom. The number of aromatic nitrogens is 2. The topological polar surface area (TPSA) is 99.2 Å². The Bertz CT molecular complexity index is 934. The van der Waals surface area contributed by atoms with E-state index in [4.69, 9.17) is 0 Å². The summed E-state index contributed by atoms with van der Waals surface area (Å²) in [6, 6.07) is 13.6. The SMILES string of the molecule is CC(=NNC(=O)c1ccccc1NC(=O)c1ccncc1)c1ccc[nH]1. The van der Waals surface area contributed by atoms with Crippen LogP contribution in [-0.2, 0) is 0 Å². The fourth-order valence-corrected chi connectivity index (χ4v) is 2.30. The Labute approximate surface area is 150 Å². The lowest BCUT2D eigenvalue weighted by Crippen LogP contribution is -2.22. The van der Waals surface area contributed by atoms with Crippen LogP contribution in [0.5, 0.6) is 0 Å². The molecule has 7 nitrogen and oxygen atoms in total. The van der Waals surface area contributed by atoms with E-state index in [-0.39, 0.29) is 5.91 Å². The predicted molar refractivity (Wildman–Crippen MR) is 99.1 cm³/mol. The van der Waals surface area contributed by atoms with Crippen LogP contribution in [0.4, 0.5) is 5.69 Å². The third-order valence-corrected chi connectivity index (χ3v) is 3.68. The van der Waals surface area contributed by atoms with Crippen LogP contribution in [-0.4, -0.2) is 27.5 Å². The number of aromatic amines is 1. The molecule has 2 amide bonds. The summed E-state index contributed by atoms with van der Waals surface area (Å²) >= 11 is 0. The molecule has 26 heavy (non-hydrogen) atoms. The van der Waals surface area contributed by atoms with E-state index in [0.717, 1.165) is 5.69 Å². The molecular weight excluding hydrogens is 330 g/mol. The van der Waals surface area contributed by atoms with Gasteiger partial charge in [0.05, 0.1) is 22.7 Å². The highest BCUT2D eigenvalue weighted by Gasteiger charge is 2.14. The summed E-state index contributed by atoms with van der Waals surface area (Å²) in [6.45, 7) is 1.78. The minimum absolute atomic E-state index is 0.318. The Kier molecular flexibility index (Phi) is 5.19. The normalized spacial score (nSPS) is 11.0. The number of nitrogens with zero attached hydrogens (tertiary/aromatic N) is 2. The number of rotatable bonds is 5. The number of carbonyl (C=O) groups excluding carboxylic acids is 2. The minimum atomic E-state index is -0.415. The summed E-state index contributed by atoms with van der Waals surface area (Å²) < 4.78 is 0. The summed E-state index contributed by atoms with van der Waals surface area (Å²) in [5.41, 5.74) is 5.13. The average molecular weight is 347 g/mol. The van der Waals surface area contributed by atoms with Gasteiger partial charge in [-0.1, -0.05) is 12.1 Å². The molecule has 7 heteroatoms. The second kappa shape index (κ2) is 7.89. The minimum Gasteiger partial charge on any atom is -0.360 e. The number of amides is 2. The molecular formula is C19H17N5O2. The molecule has 0 radical (unpaired) electrons. The molecule has 3 rings (SSSR count).